The minimum atomic E-state index is 0.327. The number of rotatable bonds is 6. The number of aromatic nitrogens is 4. The van der Waals surface area contributed by atoms with Crippen LogP contribution in [0.15, 0.2) is 18.5 Å². The van der Waals surface area contributed by atoms with E-state index in [-0.39, 0.29) is 0 Å². The molecule has 1 atom stereocenters. The van der Waals surface area contributed by atoms with Gasteiger partial charge in [-0.2, -0.15) is 0 Å². The molecule has 0 saturated carbocycles. The van der Waals surface area contributed by atoms with Crippen molar-refractivity contribution in [2.45, 2.75) is 32.4 Å². The van der Waals surface area contributed by atoms with Gasteiger partial charge in [0, 0.05) is 31.9 Å². The maximum Gasteiger partial charge on any atom is 0.156 e. The Bertz CT molecular complexity index is 641. The standard InChI is InChI=1S/C16H21N5O2/c1-11-6-18-13(7-17-11)8-19-15-5-14(12-3-4-23-9-12)20-16(21-15)10-22-2/h5-7,12H,3-4,8-10H2,1-2H3,(H,19,20,21)/t12-/m1/s1. The fourth-order valence-electron chi connectivity index (χ4n) is 2.47. The van der Waals surface area contributed by atoms with E-state index in [1.54, 1.807) is 19.5 Å². The van der Waals surface area contributed by atoms with Crippen LogP contribution in [0, 0.1) is 6.92 Å². The number of nitrogens with zero attached hydrogens (tertiary/aromatic N) is 4. The van der Waals surface area contributed by atoms with Crippen molar-refractivity contribution in [3.05, 3.63) is 41.4 Å². The summed E-state index contributed by atoms with van der Waals surface area (Å²) in [7, 11) is 1.64. The van der Waals surface area contributed by atoms with Crippen LogP contribution in [0.1, 0.15) is 35.2 Å². The van der Waals surface area contributed by atoms with Crippen molar-refractivity contribution in [1.29, 1.82) is 0 Å². The van der Waals surface area contributed by atoms with Gasteiger partial charge in [-0.25, -0.2) is 9.97 Å². The second-order valence-electron chi connectivity index (χ2n) is 5.59. The van der Waals surface area contributed by atoms with Crippen molar-refractivity contribution in [2.75, 3.05) is 25.6 Å². The molecule has 1 aliphatic heterocycles. The van der Waals surface area contributed by atoms with Crippen LogP contribution >= 0.6 is 0 Å². The molecular formula is C16H21N5O2. The molecule has 0 amide bonds. The molecule has 0 radical (unpaired) electrons. The van der Waals surface area contributed by atoms with E-state index in [9.17, 15) is 0 Å². The lowest BCUT2D eigenvalue weighted by atomic mass is 10.0. The number of anilines is 1. The molecule has 3 rings (SSSR count). The Morgan fingerprint density at radius 1 is 1.30 bits per heavy atom. The van der Waals surface area contributed by atoms with Crippen molar-refractivity contribution in [2.24, 2.45) is 0 Å². The Balaban J connectivity index is 1.75. The summed E-state index contributed by atoms with van der Waals surface area (Å²) in [5.74, 6) is 1.78. The van der Waals surface area contributed by atoms with Crippen LogP contribution < -0.4 is 5.32 Å². The van der Waals surface area contributed by atoms with Crippen LogP contribution in [0.4, 0.5) is 5.82 Å². The predicted octanol–water partition coefficient (Wildman–Crippen LogP) is 1.84. The second-order valence-corrected chi connectivity index (χ2v) is 5.59. The number of ether oxygens (including phenoxy) is 2. The first-order valence-corrected chi connectivity index (χ1v) is 7.70. The zero-order valence-corrected chi connectivity index (χ0v) is 13.5. The zero-order chi connectivity index (χ0) is 16.1. The maximum absolute atomic E-state index is 5.46. The van der Waals surface area contributed by atoms with Crippen molar-refractivity contribution < 1.29 is 9.47 Å². The Kier molecular flexibility index (Phi) is 5.09. The largest absolute Gasteiger partial charge is 0.381 e. The lowest BCUT2D eigenvalue weighted by Gasteiger charge is -2.12. The van der Waals surface area contributed by atoms with Crippen molar-refractivity contribution in [3.63, 3.8) is 0 Å². The average Bonchev–Trinajstić information content (AvgIpc) is 3.09. The van der Waals surface area contributed by atoms with Gasteiger partial charge in [0.15, 0.2) is 5.82 Å². The summed E-state index contributed by atoms with van der Waals surface area (Å²) in [6, 6.07) is 1.99. The first-order chi connectivity index (χ1) is 11.2. The maximum atomic E-state index is 5.46. The summed E-state index contributed by atoms with van der Waals surface area (Å²) in [6.45, 7) is 4.38. The normalized spacial score (nSPS) is 17.4. The molecule has 7 heteroatoms. The zero-order valence-electron chi connectivity index (χ0n) is 13.5. The molecule has 23 heavy (non-hydrogen) atoms. The Hall–Kier alpha value is -2.12. The summed E-state index contributed by atoms with van der Waals surface area (Å²) in [6.07, 6.45) is 4.52. The van der Waals surface area contributed by atoms with Crippen LogP contribution in [0.3, 0.4) is 0 Å². The molecule has 122 valence electrons. The van der Waals surface area contributed by atoms with Gasteiger partial charge < -0.3 is 14.8 Å². The Labute approximate surface area is 135 Å². The van der Waals surface area contributed by atoms with E-state index in [0.717, 1.165) is 35.9 Å². The molecule has 1 N–H and O–H groups in total. The van der Waals surface area contributed by atoms with E-state index in [1.165, 1.54) is 0 Å². The van der Waals surface area contributed by atoms with Gasteiger partial charge in [-0.1, -0.05) is 0 Å². The molecule has 1 saturated heterocycles. The summed E-state index contributed by atoms with van der Waals surface area (Å²) in [5.41, 5.74) is 2.77. The molecule has 0 spiro atoms. The second kappa shape index (κ2) is 7.43. The van der Waals surface area contributed by atoms with Crippen LogP contribution in [-0.4, -0.2) is 40.3 Å². The van der Waals surface area contributed by atoms with E-state index in [0.29, 0.717) is 31.5 Å². The molecule has 1 fully saturated rings. The molecule has 0 aliphatic carbocycles. The molecule has 1 aliphatic rings. The van der Waals surface area contributed by atoms with E-state index < -0.39 is 0 Å². The molecule has 2 aromatic rings. The Morgan fingerprint density at radius 3 is 2.91 bits per heavy atom. The smallest absolute Gasteiger partial charge is 0.156 e. The third kappa shape index (κ3) is 4.20. The van der Waals surface area contributed by atoms with Gasteiger partial charge in [0.05, 0.1) is 36.4 Å². The van der Waals surface area contributed by atoms with Crippen LogP contribution in [-0.2, 0) is 22.6 Å². The van der Waals surface area contributed by atoms with Gasteiger partial charge in [-0.05, 0) is 13.3 Å². The topological polar surface area (TPSA) is 82.0 Å². The van der Waals surface area contributed by atoms with Crippen molar-refractivity contribution in [3.8, 4) is 0 Å². The summed E-state index contributed by atoms with van der Waals surface area (Å²) < 4.78 is 10.6. The molecule has 3 heterocycles. The average molecular weight is 315 g/mol. The number of aryl methyl sites for hydroxylation is 1. The number of hydrogen-bond acceptors (Lipinski definition) is 7. The third-order valence-corrected chi connectivity index (χ3v) is 3.70. The highest BCUT2D eigenvalue weighted by Gasteiger charge is 2.20. The van der Waals surface area contributed by atoms with Gasteiger partial charge in [-0.15, -0.1) is 0 Å². The van der Waals surface area contributed by atoms with Crippen LogP contribution in [0.5, 0.6) is 0 Å². The first kappa shape index (κ1) is 15.8. The summed E-state index contributed by atoms with van der Waals surface area (Å²) >= 11 is 0. The van der Waals surface area contributed by atoms with E-state index in [4.69, 9.17) is 9.47 Å². The lowest BCUT2D eigenvalue weighted by molar-refractivity contribution is 0.177. The van der Waals surface area contributed by atoms with Gasteiger partial charge in [0.1, 0.15) is 12.4 Å². The fraction of sp³-hybridized carbons (Fsp3) is 0.500. The van der Waals surface area contributed by atoms with Crippen LogP contribution in [0.2, 0.25) is 0 Å². The molecule has 0 aromatic carbocycles. The van der Waals surface area contributed by atoms with Gasteiger partial charge >= 0.3 is 0 Å². The van der Waals surface area contributed by atoms with E-state index in [1.807, 2.05) is 13.0 Å². The summed E-state index contributed by atoms with van der Waals surface area (Å²) in [5, 5.41) is 3.29. The van der Waals surface area contributed by atoms with Gasteiger partial charge in [-0.3, -0.25) is 9.97 Å². The minimum Gasteiger partial charge on any atom is -0.381 e. The molecule has 2 aromatic heterocycles. The molecule has 0 unspecified atom stereocenters. The number of nitrogens with one attached hydrogen (secondary N) is 1. The third-order valence-electron chi connectivity index (χ3n) is 3.70. The molecular weight excluding hydrogens is 294 g/mol. The van der Waals surface area contributed by atoms with Crippen LogP contribution in [0.25, 0.3) is 0 Å². The van der Waals surface area contributed by atoms with Crippen molar-refractivity contribution in [1.82, 2.24) is 19.9 Å². The highest BCUT2D eigenvalue weighted by atomic mass is 16.5. The quantitative estimate of drug-likeness (QED) is 0.871. The SMILES string of the molecule is COCc1nc(NCc2cnc(C)cn2)cc([C@@H]2CCOC2)n1. The first-order valence-electron chi connectivity index (χ1n) is 7.70. The molecule has 0 bridgehead atoms. The minimum absolute atomic E-state index is 0.327. The van der Waals surface area contributed by atoms with Gasteiger partial charge in [0.25, 0.3) is 0 Å². The van der Waals surface area contributed by atoms with E-state index >= 15 is 0 Å². The highest BCUT2D eigenvalue weighted by molar-refractivity contribution is 5.37. The fourth-order valence-corrected chi connectivity index (χ4v) is 2.47. The lowest BCUT2D eigenvalue weighted by Crippen LogP contribution is -2.10. The number of methoxy groups -OCH3 is 1. The molecule has 7 nitrogen and oxygen atoms in total. The van der Waals surface area contributed by atoms with Crippen molar-refractivity contribution >= 4 is 5.82 Å². The Morgan fingerprint density at radius 2 is 2.22 bits per heavy atom. The van der Waals surface area contributed by atoms with E-state index in [2.05, 4.69) is 25.3 Å². The highest BCUT2D eigenvalue weighted by Crippen LogP contribution is 2.25. The number of hydrogen-bond donors (Lipinski definition) is 1. The van der Waals surface area contributed by atoms with Gasteiger partial charge in [0.2, 0.25) is 0 Å². The monoisotopic (exact) mass is 315 g/mol. The predicted molar refractivity (Wildman–Crippen MR) is 85.0 cm³/mol. The summed E-state index contributed by atoms with van der Waals surface area (Å²) in [4.78, 5) is 17.7.